The van der Waals surface area contributed by atoms with Crippen molar-refractivity contribution in [1.29, 1.82) is 0 Å². The number of rotatable bonds is 4. The maximum atomic E-state index is 12.3. The van der Waals surface area contributed by atoms with Gasteiger partial charge in [0.15, 0.2) is 0 Å². The number of hydrogen-bond acceptors (Lipinski definition) is 3. The number of carbonyl (C=O) groups excluding carboxylic acids is 1. The summed E-state index contributed by atoms with van der Waals surface area (Å²) in [6.07, 6.45) is 0. The molecule has 0 fully saturated rings. The van der Waals surface area contributed by atoms with Gasteiger partial charge in [-0.2, -0.15) is 0 Å². The predicted molar refractivity (Wildman–Crippen MR) is 91.7 cm³/mol. The van der Waals surface area contributed by atoms with Gasteiger partial charge in [-0.1, -0.05) is 29.3 Å². The van der Waals surface area contributed by atoms with E-state index in [1.807, 2.05) is 0 Å². The van der Waals surface area contributed by atoms with Crippen molar-refractivity contribution in [3.8, 4) is 0 Å². The Labute approximate surface area is 144 Å². The topological polar surface area (TPSA) is 66.5 Å². The lowest BCUT2D eigenvalue weighted by Gasteiger charge is -2.13. The van der Waals surface area contributed by atoms with Gasteiger partial charge in [0.05, 0.1) is 15.5 Å². The van der Waals surface area contributed by atoms with E-state index in [1.165, 1.54) is 32.3 Å². The van der Waals surface area contributed by atoms with Crippen LogP contribution in [0.1, 0.15) is 10.4 Å². The van der Waals surface area contributed by atoms with Gasteiger partial charge in [-0.3, -0.25) is 4.79 Å². The average Bonchev–Trinajstić information content (AvgIpc) is 2.47. The summed E-state index contributed by atoms with van der Waals surface area (Å²) >= 11 is 11.9. The van der Waals surface area contributed by atoms with E-state index in [4.69, 9.17) is 23.2 Å². The minimum absolute atomic E-state index is 0.0110. The summed E-state index contributed by atoms with van der Waals surface area (Å²) in [5.74, 6) is -0.520. The number of sulfonamides is 1. The van der Waals surface area contributed by atoms with Gasteiger partial charge in [0.25, 0.3) is 5.91 Å². The van der Waals surface area contributed by atoms with E-state index in [0.29, 0.717) is 10.7 Å². The van der Waals surface area contributed by atoms with E-state index in [-0.39, 0.29) is 15.5 Å². The SMILES string of the molecule is CN(C)S(=O)(=O)c1ccc(Cl)c(C(=O)Nc2cccc(Cl)c2)c1. The van der Waals surface area contributed by atoms with E-state index >= 15 is 0 Å². The summed E-state index contributed by atoms with van der Waals surface area (Å²) in [6, 6.07) is 10.6. The maximum Gasteiger partial charge on any atom is 0.257 e. The average molecular weight is 373 g/mol. The molecule has 1 amide bonds. The second-order valence-electron chi connectivity index (χ2n) is 4.89. The van der Waals surface area contributed by atoms with Crippen LogP contribution in [0.4, 0.5) is 5.69 Å². The molecule has 5 nitrogen and oxygen atoms in total. The molecule has 0 aliphatic heterocycles. The molecule has 2 aromatic carbocycles. The first-order valence-electron chi connectivity index (χ1n) is 6.51. The summed E-state index contributed by atoms with van der Waals surface area (Å²) in [5.41, 5.74) is 0.550. The molecule has 0 saturated heterocycles. The third-order valence-corrected chi connectivity index (χ3v) is 5.42. The van der Waals surface area contributed by atoms with Crippen LogP contribution >= 0.6 is 23.2 Å². The Morgan fingerprint density at radius 1 is 1.09 bits per heavy atom. The summed E-state index contributed by atoms with van der Waals surface area (Å²) < 4.78 is 25.4. The van der Waals surface area contributed by atoms with Gasteiger partial charge < -0.3 is 5.32 Å². The number of anilines is 1. The molecule has 122 valence electrons. The molecule has 0 saturated carbocycles. The molecular weight excluding hydrogens is 359 g/mol. The van der Waals surface area contributed by atoms with Crippen LogP contribution in [0.25, 0.3) is 0 Å². The zero-order valence-corrected chi connectivity index (χ0v) is 14.7. The fraction of sp³-hybridized carbons (Fsp3) is 0.133. The number of nitrogens with zero attached hydrogens (tertiary/aromatic N) is 1. The normalized spacial score (nSPS) is 11.5. The molecule has 2 rings (SSSR count). The fourth-order valence-corrected chi connectivity index (χ4v) is 3.14. The summed E-state index contributed by atoms with van der Waals surface area (Å²) in [4.78, 5) is 12.3. The van der Waals surface area contributed by atoms with Crippen molar-refractivity contribution in [2.24, 2.45) is 0 Å². The van der Waals surface area contributed by atoms with Gasteiger partial charge in [0.2, 0.25) is 10.0 Å². The van der Waals surface area contributed by atoms with Gasteiger partial charge in [-0.05, 0) is 36.4 Å². The lowest BCUT2D eigenvalue weighted by atomic mass is 10.2. The van der Waals surface area contributed by atoms with Crippen molar-refractivity contribution in [2.75, 3.05) is 19.4 Å². The number of benzene rings is 2. The molecule has 0 unspecified atom stereocenters. The molecule has 0 heterocycles. The summed E-state index contributed by atoms with van der Waals surface area (Å²) in [6.45, 7) is 0. The van der Waals surface area contributed by atoms with Crippen molar-refractivity contribution >= 4 is 44.8 Å². The Morgan fingerprint density at radius 3 is 2.39 bits per heavy atom. The van der Waals surface area contributed by atoms with Gasteiger partial charge >= 0.3 is 0 Å². The highest BCUT2D eigenvalue weighted by Gasteiger charge is 2.20. The Kier molecular flexibility index (Phi) is 5.31. The third-order valence-electron chi connectivity index (χ3n) is 3.04. The predicted octanol–water partition coefficient (Wildman–Crippen LogP) is 3.50. The smallest absolute Gasteiger partial charge is 0.257 e. The van der Waals surface area contributed by atoms with E-state index < -0.39 is 15.9 Å². The molecule has 0 atom stereocenters. The van der Waals surface area contributed by atoms with Crippen molar-refractivity contribution in [3.63, 3.8) is 0 Å². The molecule has 0 aromatic heterocycles. The van der Waals surface area contributed by atoms with Gasteiger partial charge in [0, 0.05) is 24.8 Å². The van der Waals surface area contributed by atoms with Crippen LogP contribution in [0.2, 0.25) is 10.0 Å². The number of nitrogens with one attached hydrogen (secondary N) is 1. The van der Waals surface area contributed by atoms with Gasteiger partial charge in [0.1, 0.15) is 0 Å². The Balaban J connectivity index is 2.37. The van der Waals surface area contributed by atoms with E-state index in [1.54, 1.807) is 24.3 Å². The van der Waals surface area contributed by atoms with Crippen LogP contribution < -0.4 is 5.32 Å². The highest BCUT2D eigenvalue weighted by atomic mass is 35.5. The highest BCUT2D eigenvalue weighted by Crippen LogP contribution is 2.24. The number of hydrogen-bond donors (Lipinski definition) is 1. The second-order valence-corrected chi connectivity index (χ2v) is 7.89. The van der Waals surface area contributed by atoms with Crippen LogP contribution in [-0.2, 0) is 10.0 Å². The second kappa shape index (κ2) is 6.88. The zero-order valence-electron chi connectivity index (χ0n) is 12.4. The molecule has 0 bridgehead atoms. The molecule has 0 spiro atoms. The molecule has 8 heteroatoms. The van der Waals surface area contributed by atoms with E-state index in [2.05, 4.69) is 5.32 Å². The van der Waals surface area contributed by atoms with Crippen LogP contribution in [-0.4, -0.2) is 32.7 Å². The molecule has 1 N–H and O–H groups in total. The third kappa shape index (κ3) is 4.03. The lowest BCUT2D eigenvalue weighted by molar-refractivity contribution is 0.102. The van der Waals surface area contributed by atoms with Crippen molar-refractivity contribution in [3.05, 3.63) is 58.1 Å². The van der Waals surface area contributed by atoms with E-state index in [0.717, 1.165) is 4.31 Å². The van der Waals surface area contributed by atoms with Gasteiger partial charge in [-0.25, -0.2) is 12.7 Å². The first kappa shape index (κ1) is 17.7. The standard InChI is InChI=1S/C15H14Cl2N2O3S/c1-19(2)23(21,22)12-6-7-14(17)13(9-12)15(20)18-11-5-3-4-10(16)8-11/h3-9H,1-2H3,(H,18,20). The Bertz CT molecular complexity index is 852. The molecular formula is C15H14Cl2N2O3S. The van der Waals surface area contributed by atoms with Gasteiger partial charge in [-0.15, -0.1) is 0 Å². The molecule has 0 aliphatic carbocycles. The molecule has 23 heavy (non-hydrogen) atoms. The number of halogens is 2. The summed E-state index contributed by atoms with van der Waals surface area (Å²) in [7, 11) is -0.831. The van der Waals surface area contributed by atoms with Crippen molar-refractivity contribution in [1.82, 2.24) is 4.31 Å². The summed E-state index contributed by atoms with van der Waals surface area (Å²) in [5, 5.41) is 3.26. The molecule has 0 aliphatic rings. The van der Waals surface area contributed by atoms with Crippen molar-refractivity contribution in [2.45, 2.75) is 4.90 Å². The molecule has 2 aromatic rings. The Morgan fingerprint density at radius 2 is 1.78 bits per heavy atom. The largest absolute Gasteiger partial charge is 0.322 e. The van der Waals surface area contributed by atoms with Crippen LogP contribution in [0.3, 0.4) is 0 Å². The highest BCUT2D eigenvalue weighted by molar-refractivity contribution is 7.89. The van der Waals surface area contributed by atoms with Crippen LogP contribution in [0.15, 0.2) is 47.4 Å². The lowest BCUT2D eigenvalue weighted by Crippen LogP contribution is -2.23. The fourth-order valence-electron chi connectivity index (χ4n) is 1.81. The first-order chi connectivity index (χ1) is 10.7. The quantitative estimate of drug-likeness (QED) is 0.892. The van der Waals surface area contributed by atoms with Crippen LogP contribution in [0, 0.1) is 0 Å². The monoisotopic (exact) mass is 372 g/mol. The minimum atomic E-state index is -3.66. The maximum absolute atomic E-state index is 12.3. The first-order valence-corrected chi connectivity index (χ1v) is 8.70. The van der Waals surface area contributed by atoms with E-state index in [9.17, 15) is 13.2 Å². The Hall–Kier alpha value is -1.60. The number of carbonyl (C=O) groups is 1. The van der Waals surface area contributed by atoms with Crippen molar-refractivity contribution < 1.29 is 13.2 Å². The minimum Gasteiger partial charge on any atom is -0.322 e. The number of amides is 1. The zero-order chi connectivity index (χ0) is 17.2. The molecule has 0 radical (unpaired) electrons. The van der Waals surface area contributed by atoms with Crippen LogP contribution in [0.5, 0.6) is 0 Å².